The van der Waals surface area contributed by atoms with Gasteiger partial charge < -0.3 is 4.74 Å². The Balaban J connectivity index is 2.09. The van der Waals surface area contributed by atoms with Crippen LogP contribution in [0.3, 0.4) is 0 Å². The van der Waals surface area contributed by atoms with E-state index < -0.39 is 12.0 Å². The molecule has 0 bridgehead atoms. The molecule has 2 N–H and O–H groups in total. The zero-order valence-electron chi connectivity index (χ0n) is 12.0. The Morgan fingerprint density at radius 3 is 2.29 bits per heavy atom. The number of ether oxygens (including phenoxy) is 1. The van der Waals surface area contributed by atoms with Crippen LogP contribution in [0, 0.1) is 0 Å². The fourth-order valence-corrected chi connectivity index (χ4v) is 2.10. The van der Waals surface area contributed by atoms with E-state index in [1.165, 1.54) is 0 Å². The Morgan fingerprint density at radius 1 is 1.10 bits per heavy atom. The van der Waals surface area contributed by atoms with Crippen LogP contribution in [0.2, 0.25) is 0 Å². The Bertz CT molecular complexity index is 566. The minimum absolute atomic E-state index is 0.524. The van der Waals surface area contributed by atoms with E-state index in [2.05, 4.69) is 0 Å². The van der Waals surface area contributed by atoms with E-state index in [1.54, 1.807) is 5.48 Å². The smallest absolute Gasteiger partial charge is 0.284 e. The zero-order valence-corrected chi connectivity index (χ0v) is 12.0. The summed E-state index contributed by atoms with van der Waals surface area (Å²) in [5.41, 5.74) is 3.86. The molecule has 0 aromatic heterocycles. The molecule has 1 amide bonds. The van der Waals surface area contributed by atoms with Gasteiger partial charge in [0.15, 0.2) is 6.10 Å². The summed E-state index contributed by atoms with van der Waals surface area (Å²) in [5.74, 6) is 0.0840. The molecular formula is C17H19NO3. The first-order valence-electron chi connectivity index (χ1n) is 7.00. The van der Waals surface area contributed by atoms with E-state index in [-0.39, 0.29) is 0 Å². The summed E-state index contributed by atoms with van der Waals surface area (Å²) in [7, 11) is 0. The van der Waals surface area contributed by atoms with Crippen molar-refractivity contribution < 1.29 is 14.7 Å². The van der Waals surface area contributed by atoms with Crippen molar-refractivity contribution in [3.05, 3.63) is 54.6 Å². The second kappa shape index (κ2) is 7.45. The summed E-state index contributed by atoms with van der Waals surface area (Å²) < 4.78 is 5.63. The van der Waals surface area contributed by atoms with Crippen molar-refractivity contribution in [1.29, 1.82) is 0 Å². The first-order chi connectivity index (χ1) is 10.2. The van der Waals surface area contributed by atoms with Gasteiger partial charge in [0.25, 0.3) is 5.91 Å². The third-order valence-corrected chi connectivity index (χ3v) is 3.19. The van der Waals surface area contributed by atoms with Crippen molar-refractivity contribution >= 4 is 5.91 Å². The van der Waals surface area contributed by atoms with Gasteiger partial charge in [0.2, 0.25) is 0 Å². The Hall–Kier alpha value is -2.33. The Kier molecular flexibility index (Phi) is 5.35. The maximum Gasteiger partial charge on any atom is 0.284 e. The molecular weight excluding hydrogens is 266 g/mol. The molecule has 0 heterocycles. The molecule has 2 rings (SSSR count). The highest BCUT2D eigenvalue weighted by Crippen LogP contribution is 2.23. The molecule has 1 atom stereocenters. The highest BCUT2D eigenvalue weighted by atomic mass is 16.5. The first-order valence-corrected chi connectivity index (χ1v) is 7.00. The van der Waals surface area contributed by atoms with Crippen LogP contribution in [0.5, 0.6) is 5.75 Å². The monoisotopic (exact) mass is 285 g/mol. The number of hydrogen-bond donors (Lipinski definition) is 2. The molecule has 4 heteroatoms. The van der Waals surface area contributed by atoms with Crippen LogP contribution in [-0.2, 0) is 4.79 Å². The molecule has 0 fully saturated rings. The number of amides is 1. The second-order valence-corrected chi connectivity index (χ2v) is 4.76. The molecule has 0 saturated carbocycles. The Labute approximate surface area is 124 Å². The summed E-state index contributed by atoms with van der Waals surface area (Å²) in [5, 5.41) is 8.72. The number of benzene rings is 2. The van der Waals surface area contributed by atoms with Gasteiger partial charge in [-0.15, -0.1) is 0 Å². The summed E-state index contributed by atoms with van der Waals surface area (Å²) in [6.07, 6.45) is 0.662. The highest BCUT2D eigenvalue weighted by Gasteiger charge is 2.18. The minimum Gasteiger partial charge on any atom is -0.481 e. The summed E-state index contributed by atoms with van der Waals surface area (Å²) in [4.78, 5) is 11.5. The number of carbonyl (C=O) groups excluding carboxylic acids is 1. The van der Waals surface area contributed by atoms with E-state index in [9.17, 15) is 4.79 Å². The van der Waals surface area contributed by atoms with Crippen molar-refractivity contribution in [1.82, 2.24) is 5.48 Å². The number of rotatable bonds is 6. The van der Waals surface area contributed by atoms with Gasteiger partial charge in [-0.2, -0.15) is 0 Å². The lowest BCUT2D eigenvalue weighted by Crippen LogP contribution is -2.36. The van der Waals surface area contributed by atoms with E-state index in [0.29, 0.717) is 12.2 Å². The molecule has 110 valence electrons. The highest BCUT2D eigenvalue weighted by molar-refractivity contribution is 5.79. The van der Waals surface area contributed by atoms with Crippen LogP contribution in [0.1, 0.15) is 19.8 Å². The third kappa shape index (κ3) is 4.07. The predicted octanol–water partition coefficient (Wildman–Crippen LogP) is 3.41. The average Bonchev–Trinajstić information content (AvgIpc) is 2.55. The molecule has 0 aliphatic carbocycles. The van der Waals surface area contributed by atoms with Crippen molar-refractivity contribution in [2.45, 2.75) is 25.9 Å². The van der Waals surface area contributed by atoms with Gasteiger partial charge in [0.05, 0.1) is 0 Å². The molecule has 0 aliphatic rings. The molecule has 2 aromatic carbocycles. The number of carbonyl (C=O) groups is 1. The second-order valence-electron chi connectivity index (χ2n) is 4.76. The number of nitrogens with one attached hydrogen (secondary N) is 1. The van der Waals surface area contributed by atoms with Gasteiger partial charge in [-0.1, -0.05) is 55.8 Å². The van der Waals surface area contributed by atoms with Gasteiger partial charge >= 0.3 is 0 Å². The van der Waals surface area contributed by atoms with Crippen LogP contribution in [-0.4, -0.2) is 17.2 Å². The largest absolute Gasteiger partial charge is 0.481 e. The molecule has 0 aliphatic heterocycles. The van der Waals surface area contributed by atoms with Crippen LogP contribution in [0.4, 0.5) is 0 Å². The maximum atomic E-state index is 11.5. The predicted molar refractivity (Wildman–Crippen MR) is 81.1 cm³/mol. The number of hydrogen-bond acceptors (Lipinski definition) is 3. The fraction of sp³-hybridized carbons (Fsp3) is 0.235. The van der Waals surface area contributed by atoms with Gasteiger partial charge in [0, 0.05) is 0 Å². The average molecular weight is 285 g/mol. The van der Waals surface area contributed by atoms with Crippen molar-refractivity contribution in [2.75, 3.05) is 0 Å². The van der Waals surface area contributed by atoms with E-state index in [0.717, 1.165) is 17.5 Å². The summed E-state index contributed by atoms with van der Waals surface area (Å²) in [6.45, 7) is 1.96. The van der Waals surface area contributed by atoms with Gasteiger partial charge in [-0.25, -0.2) is 5.48 Å². The molecule has 0 radical (unpaired) electrons. The lowest BCUT2D eigenvalue weighted by atomic mass is 10.1. The van der Waals surface area contributed by atoms with Gasteiger partial charge in [0.1, 0.15) is 5.75 Å². The third-order valence-electron chi connectivity index (χ3n) is 3.19. The van der Waals surface area contributed by atoms with Crippen molar-refractivity contribution in [3.8, 4) is 16.9 Å². The molecule has 0 saturated heterocycles. The summed E-state index contributed by atoms with van der Waals surface area (Å²) in [6, 6.07) is 17.6. The molecule has 2 aromatic rings. The van der Waals surface area contributed by atoms with Crippen molar-refractivity contribution in [3.63, 3.8) is 0 Å². The molecule has 21 heavy (non-hydrogen) atoms. The van der Waals surface area contributed by atoms with Crippen LogP contribution in [0.15, 0.2) is 54.6 Å². The molecule has 4 nitrogen and oxygen atoms in total. The quantitative estimate of drug-likeness (QED) is 0.631. The SMILES string of the molecule is CCCC(Oc1ccc(-c2ccccc2)cc1)C(=O)NO. The first kappa shape index (κ1) is 15.1. The topological polar surface area (TPSA) is 58.6 Å². The molecule has 1 unspecified atom stereocenters. The van der Waals surface area contributed by atoms with Crippen LogP contribution < -0.4 is 10.2 Å². The normalized spacial score (nSPS) is 11.7. The van der Waals surface area contributed by atoms with E-state index >= 15 is 0 Å². The Morgan fingerprint density at radius 2 is 1.71 bits per heavy atom. The van der Waals surface area contributed by atoms with Crippen molar-refractivity contribution in [2.24, 2.45) is 0 Å². The van der Waals surface area contributed by atoms with Gasteiger partial charge in [-0.3, -0.25) is 10.0 Å². The minimum atomic E-state index is -0.678. The fourth-order valence-electron chi connectivity index (χ4n) is 2.10. The van der Waals surface area contributed by atoms with E-state index in [4.69, 9.17) is 9.94 Å². The van der Waals surface area contributed by atoms with Gasteiger partial charge in [-0.05, 0) is 29.7 Å². The lowest BCUT2D eigenvalue weighted by molar-refractivity contribution is -0.136. The summed E-state index contributed by atoms with van der Waals surface area (Å²) >= 11 is 0. The van der Waals surface area contributed by atoms with Crippen LogP contribution in [0.25, 0.3) is 11.1 Å². The van der Waals surface area contributed by atoms with Crippen LogP contribution >= 0.6 is 0 Å². The standard InChI is InChI=1S/C17H19NO3/c1-2-6-16(17(19)18-20)21-15-11-9-14(10-12-15)13-7-4-3-5-8-13/h3-5,7-12,16,20H,2,6H2,1H3,(H,18,19). The van der Waals surface area contributed by atoms with E-state index in [1.807, 2.05) is 61.5 Å². The maximum absolute atomic E-state index is 11.5. The number of hydroxylamine groups is 1. The lowest BCUT2D eigenvalue weighted by Gasteiger charge is -2.16. The zero-order chi connectivity index (χ0) is 15.1. The molecule has 0 spiro atoms.